The Hall–Kier alpha value is -2.24. The smallest absolute Gasteiger partial charge is 0.362 e. The molecule has 0 saturated heterocycles. The summed E-state index contributed by atoms with van der Waals surface area (Å²) in [4.78, 5) is 8.59. The standard InChI is InChI=1S/C12H9F3N2O/c13-12(14,15)9-6-7-11(16-8-9)18-17-10-4-2-1-3-5-10/h1-8,17H. The minimum atomic E-state index is -4.39. The van der Waals surface area contributed by atoms with Crippen LogP contribution < -0.4 is 10.3 Å². The van der Waals surface area contributed by atoms with Crippen molar-refractivity contribution in [3.05, 3.63) is 54.2 Å². The molecule has 18 heavy (non-hydrogen) atoms. The third-order valence-corrected chi connectivity index (χ3v) is 2.11. The Labute approximate surface area is 101 Å². The molecule has 3 nitrogen and oxygen atoms in total. The lowest BCUT2D eigenvalue weighted by atomic mass is 10.3. The average Bonchev–Trinajstić information content (AvgIpc) is 2.37. The second kappa shape index (κ2) is 4.95. The number of anilines is 1. The van der Waals surface area contributed by atoms with Gasteiger partial charge in [-0.05, 0) is 18.2 Å². The summed E-state index contributed by atoms with van der Waals surface area (Å²) in [6.45, 7) is 0. The Balaban J connectivity index is 1.99. The van der Waals surface area contributed by atoms with Gasteiger partial charge in [0.25, 0.3) is 0 Å². The number of halogens is 3. The molecule has 0 aliphatic heterocycles. The van der Waals surface area contributed by atoms with Crippen LogP contribution in [0.4, 0.5) is 18.9 Å². The van der Waals surface area contributed by atoms with Crippen LogP contribution in [0, 0.1) is 0 Å². The molecule has 2 rings (SSSR count). The third kappa shape index (κ3) is 3.13. The SMILES string of the molecule is FC(F)(F)c1ccc(ONc2ccccc2)nc1. The van der Waals surface area contributed by atoms with E-state index >= 15 is 0 Å². The molecule has 0 aliphatic carbocycles. The molecule has 1 N–H and O–H groups in total. The summed E-state index contributed by atoms with van der Waals surface area (Å²) in [5.41, 5.74) is 2.44. The fourth-order valence-electron chi connectivity index (χ4n) is 1.23. The molecule has 2 aromatic rings. The van der Waals surface area contributed by atoms with Crippen molar-refractivity contribution in [1.29, 1.82) is 0 Å². The van der Waals surface area contributed by atoms with Gasteiger partial charge in [0.1, 0.15) is 0 Å². The Morgan fingerprint density at radius 2 is 1.72 bits per heavy atom. The molecule has 0 spiro atoms. The van der Waals surface area contributed by atoms with E-state index in [2.05, 4.69) is 10.5 Å². The average molecular weight is 254 g/mol. The summed E-state index contributed by atoms with van der Waals surface area (Å²) in [5.74, 6) is 0.0619. The van der Waals surface area contributed by atoms with Gasteiger partial charge in [-0.25, -0.2) is 10.5 Å². The first-order chi connectivity index (χ1) is 8.55. The molecule has 1 aromatic carbocycles. The summed E-state index contributed by atoms with van der Waals surface area (Å²) >= 11 is 0. The van der Waals surface area contributed by atoms with Gasteiger partial charge in [-0.15, -0.1) is 0 Å². The van der Waals surface area contributed by atoms with Crippen molar-refractivity contribution >= 4 is 5.69 Å². The largest absolute Gasteiger partial charge is 0.417 e. The Morgan fingerprint density at radius 1 is 1.00 bits per heavy atom. The molecule has 0 fully saturated rings. The molecule has 0 radical (unpaired) electrons. The van der Waals surface area contributed by atoms with Crippen molar-refractivity contribution in [1.82, 2.24) is 4.98 Å². The van der Waals surface area contributed by atoms with Crippen molar-refractivity contribution in [2.24, 2.45) is 0 Å². The minimum Gasteiger partial charge on any atom is -0.362 e. The quantitative estimate of drug-likeness (QED) is 0.851. The topological polar surface area (TPSA) is 34.1 Å². The third-order valence-electron chi connectivity index (χ3n) is 2.11. The lowest BCUT2D eigenvalue weighted by Gasteiger charge is -2.08. The van der Waals surface area contributed by atoms with E-state index in [1.165, 1.54) is 0 Å². The molecule has 0 amide bonds. The lowest BCUT2D eigenvalue weighted by Crippen LogP contribution is -2.08. The summed E-state index contributed by atoms with van der Waals surface area (Å²) in [6.07, 6.45) is -3.67. The summed E-state index contributed by atoms with van der Waals surface area (Å²) in [6, 6.07) is 11.0. The molecule has 1 heterocycles. The molecule has 6 heteroatoms. The van der Waals surface area contributed by atoms with E-state index in [1.54, 1.807) is 24.3 Å². The maximum absolute atomic E-state index is 12.3. The van der Waals surface area contributed by atoms with Gasteiger partial charge in [0.15, 0.2) is 0 Å². The maximum atomic E-state index is 12.3. The molecular formula is C12H9F3N2O. The van der Waals surface area contributed by atoms with Crippen molar-refractivity contribution < 1.29 is 18.0 Å². The van der Waals surface area contributed by atoms with Crippen molar-refractivity contribution in [2.75, 3.05) is 5.48 Å². The number of nitrogens with zero attached hydrogens (tertiary/aromatic N) is 1. The molecule has 0 aliphatic rings. The van der Waals surface area contributed by atoms with E-state index in [4.69, 9.17) is 4.84 Å². The zero-order valence-corrected chi connectivity index (χ0v) is 9.11. The van der Waals surface area contributed by atoms with Crippen LogP contribution in [-0.4, -0.2) is 4.98 Å². The Morgan fingerprint density at radius 3 is 2.28 bits per heavy atom. The highest BCUT2D eigenvalue weighted by Crippen LogP contribution is 2.29. The molecule has 0 bridgehead atoms. The number of hydrogen-bond donors (Lipinski definition) is 1. The first-order valence-electron chi connectivity index (χ1n) is 5.07. The number of pyridine rings is 1. The molecule has 0 saturated carbocycles. The summed E-state index contributed by atoms with van der Waals surface area (Å²) in [5, 5.41) is 0. The van der Waals surface area contributed by atoms with Gasteiger partial charge < -0.3 is 4.84 Å². The van der Waals surface area contributed by atoms with Crippen LogP contribution in [0.3, 0.4) is 0 Å². The maximum Gasteiger partial charge on any atom is 0.417 e. The zero-order chi connectivity index (χ0) is 13.0. The Bertz CT molecular complexity index is 497. The zero-order valence-electron chi connectivity index (χ0n) is 9.11. The predicted molar refractivity (Wildman–Crippen MR) is 59.9 cm³/mol. The highest BCUT2D eigenvalue weighted by atomic mass is 19.4. The highest BCUT2D eigenvalue weighted by molar-refractivity contribution is 5.40. The molecule has 1 aromatic heterocycles. The molecule has 0 unspecified atom stereocenters. The number of alkyl halides is 3. The van der Waals surface area contributed by atoms with Crippen LogP contribution in [0.2, 0.25) is 0 Å². The predicted octanol–water partition coefficient (Wildman–Crippen LogP) is 3.51. The van der Waals surface area contributed by atoms with Crippen LogP contribution in [0.15, 0.2) is 48.7 Å². The van der Waals surface area contributed by atoms with Crippen molar-refractivity contribution in [3.8, 4) is 5.88 Å². The minimum absolute atomic E-state index is 0.0619. The van der Waals surface area contributed by atoms with Crippen LogP contribution in [0.1, 0.15) is 5.56 Å². The summed E-state index contributed by atoms with van der Waals surface area (Å²) in [7, 11) is 0. The number of aromatic nitrogens is 1. The van der Waals surface area contributed by atoms with E-state index < -0.39 is 11.7 Å². The normalized spacial score (nSPS) is 11.1. The number of para-hydroxylation sites is 1. The van der Waals surface area contributed by atoms with Gasteiger partial charge in [-0.3, -0.25) is 0 Å². The first kappa shape index (κ1) is 12.2. The lowest BCUT2D eigenvalue weighted by molar-refractivity contribution is -0.137. The first-order valence-corrected chi connectivity index (χ1v) is 5.07. The second-order valence-electron chi connectivity index (χ2n) is 3.45. The van der Waals surface area contributed by atoms with E-state index in [9.17, 15) is 13.2 Å². The highest BCUT2D eigenvalue weighted by Gasteiger charge is 2.30. The fraction of sp³-hybridized carbons (Fsp3) is 0.0833. The Kier molecular flexibility index (Phi) is 3.36. The number of benzene rings is 1. The number of rotatable bonds is 3. The summed E-state index contributed by atoms with van der Waals surface area (Å²) < 4.78 is 36.8. The number of nitrogens with one attached hydrogen (secondary N) is 1. The van der Waals surface area contributed by atoms with Crippen molar-refractivity contribution in [2.45, 2.75) is 6.18 Å². The van der Waals surface area contributed by atoms with Crippen LogP contribution >= 0.6 is 0 Å². The fourth-order valence-corrected chi connectivity index (χ4v) is 1.23. The molecule has 94 valence electrons. The van der Waals surface area contributed by atoms with E-state index in [-0.39, 0.29) is 5.88 Å². The molecule has 0 atom stereocenters. The van der Waals surface area contributed by atoms with Gasteiger partial charge in [0.05, 0.1) is 11.3 Å². The van der Waals surface area contributed by atoms with Gasteiger partial charge in [-0.1, -0.05) is 18.2 Å². The van der Waals surface area contributed by atoms with Gasteiger partial charge >= 0.3 is 6.18 Å². The van der Waals surface area contributed by atoms with Crippen LogP contribution in [0.25, 0.3) is 0 Å². The van der Waals surface area contributed by atoms with Gasteiger partial charge in [0.2, 0.25) is 5.88 Å². The van der Waals surface area contributed by atoms with Gasteiger partial charge in [0, 0.05) is 12.3 Å². The van der Waals surface area contributed by atoms with E-state index in [0.717, 1.165) is 18.3 Å². The number of hydrogen-bond acceptors (Lipinski definition) is 3. The van der Waals surface area contributed by atoms with Crippen LogP contribution in [-0.2, 0) is 6.18 Å². The second-order valence-corrected chi connectivity index (χ2v) is 3.45. The monoisotopic (exact) mass is 254 g/mol. The van der Waals surface area contributed by atoms with E-state index in [0.29, 0.717) is 5.69 Å². The molecular weight excluding hydrogens is 245 g/mol. The van der Waals surface area contributed by atoms with E-state index in [1.807, 2.05) is 6.07 Å². The van der Waals surface area contributed by atoms with Crippen LogP contribution in [0.5, 0.6) is 5.88 Å². The van der Waals surface area contributed by atoms with Gasteiger partial charge in [-0.2, -0.15) is 13.2 Å². The van der Waals surface area contributed by atoms with Crippen molar-refractivity contribution in [3.63, 3.8) is 0 Å².